The quantitative estimate of drug-likeness (QED) is 0.426. The zero-order chi connectivity index (χ0) is 11.4. The van der Waals surface area contributed by atoms with Crippen LogP contribution in [0, 0.1) is 0 Å². The monoisotopic (exact) mass is 210 g/mol. The highest BCUT2D eigenvalue weighted by Crippen LogP contribution is 2.58. The number of rotatable bonds is 4. The van der Waals surface area contributed by atoms with Crippen LogP contribution < -0.4 is 5.23 Å². The van der Waals surface area contributed by atoms with E-state index in [0.29, 0.717) is 10.3 Å². The number of nitrogens with one attached hydrogen (secondary N) is 1. The van der Waals surface area contributed by atoms with Crippen molar-refractivity contribution in [3.63, 3.8) is 0 Å². The first-order valence-electron chi connectivity index (χ1n) is 5.24. The molecule has 1 N–H and O–H groups in total. The van der Waals surface area contributed by atoms with Crippen LogP contribution in [0.15, 0.2) is 0 Å². The molecule has 0 bridgehead atoms. The topological polar surface area (TPSA) is 12.0 Å². The first-order valence-corrected chi connectivity index (χ1v) is 6.77. The van der Waals surface area contributed by atoms with Gasteiger partial charge in [-0.05, 0) is 23.0 Å². The first-order chi connectivity index (χ1) is 6.19. The molecule has 0 aromatic carbocycles. The second-order valence-corrected chi connectivity index (χ2v) is 9.60. The second-order valence-electron chi connectivity index (χ2n) is 5.61. The molecule has 1 nitrogen and oxygen atoms in total. The minimum atomic E-state index is 0.00759. The molecule has 0 aliphatic carbocycles. The van der Waals surface area contributed by atoms with Crippen molar-refractivity contribution in [1.82, 2.24) is 5.23 Å². The molecule has 0 saturated heterocycles. The van der Waals surface area contributed by atoms with Gasteiger partial charge in [-0.2, -0.15) is 0 Å². The maximum Gasteiger partial charge on any atom is 0.144 e. The van der Waals surface area contributed by atoms with Gasteiger partial charge in [0.1, 0.15) is 7.31 Å². The Bertz CT molecular complexity index is 146. The van der Waals surface area contributed by atoms with Crippen molar-refractivity contribution in [3.8, 4) is 0 Å². The van der Waals surface area contributed by atoms with E-state index in [2.05, 4.69) is 46.8 Å². The molecule has 0 amide bonds. The fourth-order valence-electron chi connectivity index (χ4n) is 1.94. The highest BCUT2D eigenvalue weighted by atomic mass is 31.1. The van der Waals surface area contributed by atoms with Gasteiger partial charge in [0.2, 0.25) is 0 Å². The van der Waals surface area contributed by atoms with Gasteiger partial charge in [-0.15, -0.1) is 0 Å². The van der Waals surface area contributed by atoms with Gasteiger partial charge in [-0.3, -0.25) is 0 Å². The smallest absolute Gasteiger partial charge is 0.144 e. The normalized spacial score (nSPS) is 13.4. The molecule has 0 saturated carbocycles. The molecule has 4 heteroatoms. The van der Waals surface area contributed by atoms with Gasteiger partial charge in [0.05, 0.1) is 0 Å². The van der Waals surface area contributed by atoms with Gasteiger partial charge in [-0.1, -0.05) is 49.5 Å². The van der Waals surface area contributed by atoms with E-state index in [1.807, 2.05) is 0 Å². The summed E-state index contributed by atoms with van der Waals surface area (Å²) in [6.07, 6.45) is 1.23. The predicted molar refractivity (Wildman–Crippen MR) is 70.8 cm³/mol. The SMILES string of the molecule is [B][B]NCCP(C(C)(C)C)C(C)(C)C. The molecule has 0 atom stereocenters. The average Bonchev–Trinajstić information content (AvgIpc) is 1.92. The van der Waals surface area contributed by atoms with E-state index < -0.39 is 0 Å². The third kappa shape index (κ3) is 5.41. The van der Waals surface area contributed by atoms with Crippen LogP contribution in [0.1, 0.15) is 41.5 Å². The summed E-state index contributed by atoms with van der Waals surface area (Å²) < 4.78 is 0. The summed E-state index contributed by atoms with van der Waals surface area (Å²) in [4.78, 5) is 0. The van der Waals surface area contributed by atoms with Gasteiger partial charge >= 0.3 is 0 Å². The number of hydrogen-bond acceptors (Lipinski definition) is 1. The lowest BCUT2D eigenvalue weighted by molar-refractivity contribution is 0.701. The van der Waals surface area contributed by atoms with E-state index in [1.54, 1.807) is 7.31 Å². The third-order valence-corrected chi connectivity index (χ3v) is 6.13. The molecule has 0 unspecified atom stereocenters. The van der Waals surface area contributed by atoms with Crippen LogP contribution in [0.3, 0.4) is 0 Å². The maximum absolute atomic E-state index is 5.30. The van der Waals surface area contributed by atoms with Gasteiger partial charge in [0.25, 0.3) is 0 Å². The van der Waals surface area contributed by atoms with E-state index in [1.165, 1.54) is 6.16 Å². The molecule has 0 aromatic rings. The molecule has 0 spiro atoms. The average molecular weight is 210 g/mol. The van der Waals surface area contributed by atoms with Gasteiger partial charge < -0.3 is 5.23 Å². The van der Waals surface area contributed by atoms with E-state index in [9.17, 15) is 0 Å². The van der Waals surface area contributed by atoms with Crippen molar-refractivity contribution in [2.24, 2.45) is 0 Å². The van der Waals surface area contributed by atoms with Crippen LogP contribution in [0.4, 0.5) is 0 Å². The molecular formula is C10H23B2NP. The molecule has 3 radical (unpaired) electrons. The molecule has 0 fully saturated rings. The summed E-state index contributed by atoms with van der Waals surface area (Å²) in [5.41, 5.74) is 0. The van der Waals surface area contributed by atoms with Crippen LogP contribution in [-0.4, -0.2) is 38.1 Å². The highest BCUT2D eigenvalue weighted by molar-refractivity contribution is 7.60. The third-order valence-electron chi connectivity index (χ3n) is 2.22. The van der Waals surface area contributed by atoms with E-state index >= 15 is 0 Å². The molecule has 0 aliphatic heterocycles. The summed E-state index contributed by atoms with van der Waals surface area (Å²) in [6.45, 7) is 15.1. The van der Waals surface area contributed by atoms with Crippen LogP contribution >= 0.6 is 7.92 Å². The first kappa shape index (κ1) is 14.5. The minimum Gasteiger partial charge on any atom is -0.369 e. The largest absolute Gasteiger partial charge is 0.369 e. The molecule has 0 aromatic heterocycles. The van der Waals surface area contributed by atoms with Crippen LogP contribution in [0.5, 0.6) is 0 Å². The Kier molecular flexibility index (Phi) is 5.77. The maximum atomic E-state index is 5.30. The van der Waals surface area contributed by atoms with Crippen molar-refractivity contribution in [2.75, 3.05) is 12.7 Å². The molecule has 14 heavy (non-hydrogen) atoms. The summed E-state index contributed by atoms with van der Waals surface area (Å²) in [5.74, 6) is 0. The Labute approximate surface area is 93.2 Å². The van der Waals surface area contributed by atoms with Crippen LogP contribution in [0.2, 0.25) is 0 Å². The van der Waals surface area contributed by atoms with Crippen molar-refractivity contribution < 1.29 is 0 Å². The van der Waals surface area contributed by atoms with E-state index in [-0.39, 0.29) is 7.92 Å². The van der Waals surface area contributed by atoms with Crippen molar-refractivity contribution in [1.29, 1.82) is 0 Å². The summed E-state index contributed by atoms with van der Waals surface area (Å²) in [7, 11) is 6.85. The summed E-state index contributed by atoms with van der Waals surface area (Å²) in [5, 5.41) is 3.93. The second kappa shape index (κ2) is 5.56. The molecule has 0 heterocycles. The van der Waals surface area contributed by atoms with Gasteiger partial charge in [0, 0.05) is 7.74 Å². The summed E-state index contributed by atoms with van der Waals surface area (Å²) >= 11 is 0. The minimum absolute atomic E-state index is 0.00759. The van der Waals surface area contributed by atoms with Crippen molar-refractivity contribution >= 4 is 23.0 Å². The van der Waals surface area contributed by atoms with E-state index in [4.69, 9.17) is 7.74 Å². The lowest BCUT2D eigenvalue weighted by Gasteiger charge is -2.41. The molecule has 0 rings (SSSR count). The molecule has 79 valence electrons. The highest BCUT2D eigenvalue weighted by Gasteiger charge is 2.33. The Morgan fingerprint density at radius 3 is 1.79 bits per heavy atom. The fraction of sp³-hybridized carbons (Fsp3) is 1.00. The molecular weight excluding hydrogens is 187 g/mol. The predicted octanol–water partition coefficient (Wildman–Crippen LogP) is 2.36. The van der Waals surface area contributed by atoms with Crippen LogP contribution in [0.25, 0.3) is 0 Å². The summed E-state index contributed by atoms with van der Waals surface area (Å²) in [6, 6.07) is 0. The van der Waals surface area contributed by atoms with Crippen LogP contribution in [-0.2, 0) is 0 Å². The lowest BCUT2D eigenvalue weighted by atomic mass is 9.67. The van der Waals surface area contributed by atoms with E-state index in [0.717, 1.165) is 6.54 Å². The zero-order valence-corrected chi connectivity index (χ0v) is 11.4. The van der Waals surface area contributed by atoms with Crippen molar-refractivity contribution in [2.45, 2.75) is 51.9 Å². The fourth-order valence-corrected chi connectivity index (χ4v) is 5.64. The Hall–Kier alpha value is 0.520. The van der Waals surface area contributed by atoms with Gasteiger partial charge in [-0.25, -0.2) is 0 Å². The lowest BCUT2D eigenvalue weighted by Crippen LogP contribution is -2.31. The van der Waals surface area contributed by atoms with Gasteiger partial charge in [0.15, 0.2) is 0 Å². The molecule has 0 aliphatic rings. The van der Waals surface area contributed by atoms with Crippen molar-refractivity contribution in [3.05, 3.63) is 0 Å². The Morgan fingerprint density at radius 2 is 1.50 bits per heavy atom. The zero-order valence-electron chi connectivity index (χ0n) is 10.5. The Morgan fingerprint density at radius 1 is 1.07 bits per heavy atom. The number of hydrogen-bond donors (Lipinski definition) is 1. The Balaban J connectivity index is 4.28. The standard InChI is InChI=1S/C10H23B2NP/c1-9(2,3)14(10(4,5)6)8-7-13-12-11/h13H,7-8H2,1-6H3.